The zero-order valence-corrected chi connectivity index (χ0v) is 59.2. The van der Waals surface area contributed by atoms with Crippen molar-refractivity contribution in [2.75, 3.05) is 26.4 Å². The van der Waals surface area contributed by atoms with Crippen LogP contribution in [0.5, 0.6) is 0 Å². The molecule has 0 aromatic carbocycles. The third kappa shape index (κ3) is 27.9. The van der Waals surface area contributed by atoms with E-state index in [0.717, 1.165) is 99.3 Å². The number of carbonyl (C=O) groups excluding carboxylic acids is 4. The summed E-state index contributed by atoms with van der Waals surface area (Å²) in [7, 11) is 0. The summed E-state index contributed by atoms with van der Waals surface area (Å²) in [5.41, 5.74) is 5.32. The molecule has 0 saturated heterocycles. The molecule has 8 nitrogen and oxygen atoms in total. The largest absolute Gasteiger partial charge is 0.461 e. The highest BCUT2D eigenvalue weighted by Crippen LogP contribution is 2.57. The fraction of sp³-hybridized carbons (Fsp3) is 0.737. The highest BCUT2D eigenvalue weighted by Gasteiger charge is 2.38. The Morgan fingerprint density at radius 3 is 0.511 bits per heavy atom. The molecular weight excluding hydrogens is 1170 g/mol. The number of esters is 4. The Morgan fingerprint density at radius 1 is 0.227 bits per heavy atom. The van der Waals surface area contributed by atoms with Gasteiger partial charge in [0.25, 0.3) is 0 Å². The topological polar surface area (TPSA) is 105 Å². The number of unbranched alkanes of at least 4 members (excludes halogenated alkanes) is 44. The lowest BCUT2D eigenvalue weighted by Gasteiger charge is -2.18. The molecule has 0 N–H and O–H groups in total. The predicted octanol–water partition coefficient (Wildman–Crippen LogP) is 26.3. The van der Waals surface area contributed by atoms with Crippen LogP contribution in [0.1, 0.15) is 375 Å². The summed E-state index contributed by atoms with van der Waals surface area (Å²) in [6.45, 7) is 10.3. The summed E-state index contributed by atoms with van der Waals surface area (Å²) < 4.78 is 24.5. The minimum atomic E-state index is -0.422. The molecule has 0 amide bonds. The molecule has 4 heterocycles. The van der Waals surface area contributed by atoms with E-state index in [-0.39, 0.29) is 0 Å². The second kappa shape index (κ2) is 48.4. The first-order valence-corrected chi connectivity index (χ1v) is 40.0. The summed E-state index contributed by atoms with van der Waals surface area (Å²) in [6.07, 6.45) is 58.4. The summed E-state index contributed by atoms with van der Waals surface area (Å²) in [5, 5.41) is 7.87. The van der Waals surface area contributed by atoms with E-state index in [2.05, 4.69) is 27.7 Å². The van der Waals surface area contributed by atoms with Crippen molar-refractivity contribution in [2.24, 2.45) is 0 Å². The van der Waals surface area contributed by atoms with Gasteiger partial charge in [-0.05, 0) is 25.7 Å². The lowest BCUT2D eigenvalue weighted by atomic mass is 9.84. The monoisotopic (exact) mass is 1290 g/mol. The molecule has 0 bridgehead atoms. The molecule has 0 radical (unpaired) electrons. The number of thiophene rings is 4. The molecule has 0 aliphatic heterocycles. The van der Waals surface area contributed by atoms with E-state index in [1.54, 1.807) is 0 Å². The van der Waals surface area contributed by atoms with Crippen LogP contribution in [0.2, 0.25) is 0 Å². The Balaban J connectivity index is 1.35. The highest BCUT2D eigenvalue weighted by atomic mass is 32.1. The summed E-state index contributed by atoms with van der Waals surface area (Å²) in [6, 6.07) is 0. The van der Waals surface area contributed by atoms with E-state index in [1.807, 2.05) is 21.5 Å². The second-order valence-electron chi connectivity index (χ2n) is 25.5. The number of rotatable bonds is 56. The van der Waals surface area contributed by atoms with Crippen LogP contribution in [0.3, 0.4) is 0 Å². The van der Waals surface area contributed by atoms with Gasteiger partial charge < -0.3 is 18.9 Å². The Labute approximate surface area is 551 Å². The highest BCUT2D eigenvalue weighted by molar-refractivity contribution is 7.16. The second-order valence-corrected chi connectivity index (χ2v) is 29.0. The average Bonchev–Trinajstić information content (AvgIpc) is 1.62. The van der Waals surface area contributed by atoms with Gasteiger partial charge in [0.1, 0.15) is 19.5 Å². The van der Waals surface area contributed by atoms with Gasteiger partial charge in [0.05, 0.1) is 26.4 Å². The number of hydrogen-bond donors (Lipinski definition) is 0. The fourth-order valence-electron chi connectivity index (χ4n) is 12.5. The Bertz CT molecular complexity index is 2140. The van der Waals surface area contributed by atoms with Crippen molar-refractivity contribution in [1.82, 2.24) is 0 Å². The molecule has 496 valence electrons. The molecule has 0 fully saturated rings. The Hall–Kier alpha value is -3.32. The minimum absolute atomic E-state index is 0.311. The summed E-state index contributed by atoms with van der Waals surface area (Å²) >= 11 is 5.24. The van der Waals surface area contributed by atoms with Gasteiger partial charge in [0, 0.05) is 66.0 Å². The van der Waals surface area contributed by atoms with Gasteiger partial charge in [-0.15, -0.1) is 45.3 Å². The molecule has 4 aromatic rings. The summed E-state index contributed by atoms with van der Waals surface area (Å²) in [4.78, 5) is 60.0. The van der Waals surface area contributed by atoms with Gasteiger partial charge in [-0.1, -0.05) is 310 Å². The molecule has 0 unspecified atom stereocenters. The first-order chi connectivity index (χ1) is 43.4. The van der Waals surface area contributed by atoms with Crippen LogP contribution < -0.4 is 0 Å². The maximum Gasteiger partial charge on any atom is 0.348 e. The van der Waals surface area contributed by atoms with E-state index in [0.29, 0.717) is 68.2 Å². The molecule has 1 aliphatic rings. The fourth-order valence-corrected chi connectivity index (χ4v) is 16.4. The van der Waals surface area contributed by atoms with Crippen LogP contribution in [-0.4, -0.2) is 50.3 Å². The van der Waals surface area contributed by atoms with Crippen LogP contribution in [0, 0.1) is 0 Å². The number of carbonyl (C=O) groups is 4. The third-order valence-corrected chi connectivity index (χ3v) is 21.8. The van der Waals surface area contributed by atoms with Gasteiger partial charge >= 0.3 is 23.9 Å². The third-order valence-electron chi connectivity index (χ3n) is 17.9. The normalized spacial score (nSPS) is 11.7. The van der Waals surface area contributed by atoms with E-state index in [4.69, 9.17) is 18.9 Å². The molecule has 0 atom stereocenters. The maximum absolute atomic E-state index is 14.6. The predicted molar refractivity (Wildman–Crippen MR) is 379 cm³/mol. The van der Waals surface area contributed by atoms with Crippen LogP contribution in [0.4, 0.5) is 0 Å². The number of ether oxygens (including phenoxy) is 4. The van der Waals surface area contributed by atoms with Crippen molar-refractivity contribution in [3.05, 3.63) is 41.0 Å². The van der Waals surface area contributed by atoms with Crippen molar-refractivity contribution in [3.63, 3.8) is 0 Å². The van der Waals surface area contributed by atoms with E-state index in [9.17, 15) is 19.2 Å². The summed E-state index contributed by atoms with van der Waals surface area (Å²) in [5.74, 6) is -1.69. The Morgan fingerprint density at radius 2 is 0.364 bits per heavy atom. The number of hydrogen-bond acceptors (Lipinski definition) is 12. The van der Waals surface area contributed by atoms with Crippen molar-refractivity contribution in [1.29, 1.82) is 0 Å². The van der Waals surface area contributed by atoms with Crippen molar-refractivity contribution < 1.29 is 38.1 Å². The molecule has 1 aliphatic carbocycles. The van der Waals surface area contributed by atoms with Crippen molar-refractivity contribution in [2.45, 2.75) is 336 Å². The molecule has 88 heavy (non-hydrogen) atoms. The lowest BCUT2D eigenvalue weighted by molar-refractivity contribution is 0.0492. The van der Waals surface area contributed by atoms with Gasteiger partial charge in [0.15, 0.2) is 0 Å². The van der Waals surface area contributed by atoms with Crippen LogP contribution >= 0.6 is 45.3 Å². The van der Waals surface area contributed by atoms with E-state index in [1.165, 1.54) is 276 Å². The van der Waals surface area contributed by atoms with E-state index >= 15 is 0 Å². The maximum atomic E-state index is 14.6. The van der Waals surface area contributed by atoms with Gasteiger partial charge in [-0.25, -0.2) is 19.2 Å². The lowest BCUT2D eigenvalue weighted by Crippen LogP contribution is -2.11. The molecule has 0 spiro atoms. The molecular formula is C76H120O8S4. The molecule has 5 rings (SSSR count). The molecule has 4 aromatic heterocycles. The quantitative estimate of drug-likeness (QED) is 0.0215. The molecule has 12 heteroatoms. The van der Waals surface area contributed by atoms with Gasteiger partial charge in [-0.3, -0.25) is 0 Å². The first kappa shape index (κ1) is 75.4. The first-order valence-electron chi connectivity index (χ1n) is 36.5. The smallest absolute Gasteiger partial charge is 0.348 e. The van der Waals surface area contributed by atoms with Gasteiger partial charge in [-0.2, -0.15) is 0 Å². The van der Waals surface area contributed by atoms with Crippen LogP contribution in [0.25, 0.3) is 44.5 Å². The number of fused-ring (bicyclic) bond motifs is 8. The van der Waals surface area contributed by atoms with Gasteiger partial charge in [0.2, 0.25) is 0 Å². The minimum Gasteiger partial charge on any atom is -0.461 e. The zero-order valence-electron chi connectivity index (χ0n) is 56.0. The van der Waals surface area contributed by atoms with Crippen molar-refractivity contribution in [3.8, 4) is 44.5 Å². The van der Waals surface area contributed by atoms with Crippen molar-refractivity contribution >= 4 is 69.2 Å². The van der Waals surface area contributed by atoms with E-state index < -0.39 is 23.9 Å². The Kier molecular flexibility index (Phi) is 41.5. The standard InChI is InChI=1S/C76H120O8S4/c1-5-9-13-17-21-25-29-33-37-41-45-49-53-81-73(77)69-65-61(57-85-69)62-58-87-71(75(79)83-55-51-47-43-39-35-31-27-23-19-15-11-7-3)67(62)68-64(60-88-72(68)76(80)84-56-52-48-44-40-36-32-28-24-20-16-12-8-4)63-59-86-70(66(63)65)74(78)82-54-50-46-42-38-34-30-26-22-18-14-10-6-2/h57-60H,5-56H2,1-4H3. The molecule has 0 saturated carbocycles. The average molecular weight is 1290 g/mol. The van der Waals surface area contributed by atoms with Crippen LogP contribution in [-0.2, 0) is 18.9 Å². The zero-order chi connectivity index (χ0) is 62.5. The SMILES string of the molecule is CCCCCCCCCCCCCCOC(=O)c1scc2c1-c1c(csc1C(=O)OCCCCCCCCCCCCCC)-c1csc(C(=O)OCCCCCCCCCCCCCC)c1-c1c-2csc1C(=O)OCCCCCCCCCCCCCC. The van der Waals surface area contributed by atoms with Crippen LogP contribution in [0.15, 0.2) is 21.5 Å².